The lowest BCUT2D eigenvalue weighted by atomic mass is 9.77. The fourth-order valence-corrected chi connectivity index (χ4v) is 4.95. The van der Waals surface area contributed by atoms with Crippen molar-refractivity contribution in [2.24, 2.45) is 0 Å². The molecule has 5 nitrogen and oxygen atoms in total. The zero-order chi connectivity index (χ0) is 26.2. The number of hydrazine groups is 1. The van der Waals surface area contributed by atoms with Crippen LogP contribution in [0.4, 0.5) is 24.5 Å². The van der Waals surface area contributed by atoms with Crippen molar-refractivity contribution in [3.8, 4) is 18.9 Å². The maximum Gasteiger partial charge on any atom is 0.408 e. The van der Waals surface area contributed by atoms with Crippen LogP contribution in [0.2, 0.25) is 0 Å². The molecular formula is C28H34F3N5. The Kier molecular flexibility index (Phi) is 9.23. The molecule has 0 aliphatic heterocycles. The Morgan fingerprint density at radius 1 is 1.11 bits per heavy atom. The first-order valence-electron chi connectivity index (χ1n) is 12.4. The molecule has 36 heavy (non-hydrogen) atoms. The summed E-state index contributed by atoms with van der Waals surface area (Å²) in [6.45, 7) is 2.65. The van der Waals surface area contributed by atoms with E-state index in [1.54, 1.807) is 12.3 Å². The molecule has 2 N–H and O–H groups in total. The molecule has 0 radical (unpaired) electrons. The third kappa shape index (κ3) is 6.30. The average molecular weight is 498 g/mol. The fourth-order valence-electron chi connectivity index (χ4n) is 4.95. The predicted molar refractivity (Wildman–Crippen MR) is 137 cm³/mol. The maximum absolute atomic E-state index is 13.4. The highest BCUT2D eigenvalue weighted by Crippen LogP contribution is 2.45. The van der Waals surface area contributed by atoms with E-state index < -0.39 is 11.7 Å². The Morgan fingerprint density at radius 3 is 2.39 bits per heavy atom. The van der Waals surface area contributed by atoms with Gasteiger partial charge in [0.2, 0.25) is 0 Å². The summed E-state index contributed by atoms with van der Waals surface area (Å²) >= 11 is 0. The summed E-state index contributed by atoms with van der Waals surface area (Å²) in [6.07, 6.45) is 12.2. The quantitative estimate of drug-likeness (QED) is 0.324. The topological polar surface area (TPSA) is 64.0 Å². The number of terminal acetylenes is 1. The molecule has 1 aromatic carbocycles. The van der Waals surface area contributed by atoms with E-state index in [-0.39, 0.29) is 12.8 Å². The van der Waals surface area contributed by atoms with Gasteiger partial charge in [-0.2, -0.15) is 18.4 Å². The van der Waals surface area contributed by atoms with Gasteiger partial charge in [0.1, 0.15) is 5.54 Å². The largest absolute Gasteiger partial charge is 0.408 e. The number of anilines is 2. The molecule has 0 saturated heterocycles. The minimum atomic E-state index is -4.29. The van der Waals surface area contributed by atoms with E-state index in [0.29, 0.717) is 31.1 Å². The van der Waals surface area contributed by atoms with Crippen LogP contribution in [-0.2, 0) is 13.0 Å². The number of hydrogen-bond acceptors (Lipinski definition) is 5. The number of rotatable bonds is 8. The van der Waals surface area contributed by atoms with Gasteiger partial charge in [0.15, 0.2) is 0 Å². The van der Waals surface area contributed by atoms with E-state index in [4.69, 9.17) is 0 Å². The van der Waals surface area contributed by atoms with Crippen LogP contribution in [0.25, 0.3) is 0 Å². The lowest BCUT2D eigenvalue weighted by molar-refractivity contribution is -0.217. The van der Waals surface area contributed by atoms with Crippen LogP contribution < -0.4 is 15.8 Å². The van der Waals surface area contributed by atoms with Gasteiger partial charge < -0.3 is 10.3 Å². The van der Waals surface area contributed by atoms with Crippen molar-refractivity contribution < 1.29 is 13.2 Å². The number of aryl methyl sites for hydroxylation is 1. The van der Waals surface area contributed by atoms with Crippen molar-refractivity contribution in [1.29, 1.82) is 5.26 Å². The fraction of sp³-hybridized carbons (Fsp3) is 0.500. The zero-order valence-corrected chi connectivity index (χ0v) is 20.7. The van der Waals surface area contributed by atoms with Crippen LogP contribution in [0.1, 0.15) is 68.2 Å². The van der Waals surface area contributed by atoms with Crippen molar-refractivity contribution in [1.82, 2.24) is 10.4 Å². The van der Waals surface area contributed by atoms with E-state index in [1.165, 1.54) is 19.3 Å². The second kappa shape index (κ2) is 12.1. The number of nitrogens with one attached hydrogen (secondary N) is 2. The normalized spacial score (nSPS) is 17.1. The zero-order valence-electron chi connectivity index (χ0n) is 20.7. The number of benzene rings is 1. The lowest BCUT2D eigenvalue weighted by Crippen LogP contribution is -2.63. The van der Waals surface area contributed by atoms with E-state index >= 15 is 0 Å². The molecule has 192 valence electrons. The minimum Gasteiger partial charge on any atom is -0.362 e. The summed E-state index contributed by atoms with van der Waals surface area (Å²) in [7, 11) is 0. The summed E-state index contributed by atoms with van der Waals surface area (Å²) in [6, 6.07) is 12.5. The van der Waals surface area contributed by atoms with E-state index in [2.05, 4.69) is 52.6 Å². The van der Waals surface area contributed by atoms with Crippen LogP contribution in [0.15, 0.2) is 36.5 Å². The minimum absolute atomic E-state index is 0.0763. The number of aromatic nitrogens is 1. The number of halogens is 3. The summed E-state index contributed by atoms with van der Waals surface area (Å²) in [5.74, 6) is 0. The molecule has 0 atom stereocenters. The van der Waals surface area contributed by atoms with Crippen molar-refractivity contribution in [3.63, 3.8) is 0 Å². The lowest BCUT2D eigenvalue weighted by Gasteiger charge is -2.43. The SMILES string of the molecule is C#C.Cc1ccc(CC#N)c(N(Cc2ccc(NNC3(C(F)(F)F)CCC3)cn2)C2CCCCC2)c1. The first-order valence-corrected chi connectivity index (χ1v) is 12.4. The van der Waals surface area contributed by atoms with E-state index in [1.807, 2.05) is 18.2 Å². The predicted octanol–water partition coefficient (Wildman–Crippen LogP) is 6.45. The highest BCUT2D eigenvalue weighted by Gasteiger charge is 2.58. The Labute approximate surface area is 212 Å². The molecule has 1 aromatic heterocycles. The number of alkyl halides is 3. The van der Waals surface area contributed by atoms with E-state index in [0.717, 1.165) is 35.3 Å². The van der Waals surface area contributed by atoms with Crippen molar-refractivity contribution in [2.75, 3.05) is 10.3 Å². The van der Waals surface area contributed by atoms with Gasteiger partial charge >= 0.3 is 6.18 Å². The molecular weight excluding hydrogens is 463 g/mol. The summed E-state index contributed by atoms with van der Waals surface area (Å²) in [4.78, 5) is 6.93. The summed E-state index contributed by atoms with van der Waals surface area (Å²) < 4.78 is 40.1. The van der Waals surface area contributed by atoms with Gasteiger partial charge in [0.05, 0.1) is 36.6 Å². The molecule has 1 heterocycles. The number of pyridine rings is 1. The number of hydrogen-bond donors (Lipinski definition) is 2. The monoisotopic (exact) mass is 497 g/mol. The Morgan fingerprint density at radius 2 is 1.83 bits per heavy atom. The first kappa shape index (κ1) is 27.4. The van der Waals surface area contributed by atoms with Crippen LogP contribution in [-0.4, -0.2) is 22.7 Å². The van der Waals surface area contributed by atoms with Crippen LogP contribution >= 0.6 is 0 Å². The van der Waals surface area contributed by atoms with Crippen LogP contribution in [0.3, 0.4) is 0 Å². The molecule has 2 aliphatic rings. The molecule has 2 saturated carbocycles. The molecule has 4 rings (SSSR count). The van der Waals surface area contributed by atoms with Crippen LogP contribution in [0.5, 0.6) is 0 Å². The molecule has 0 unspecified atom stereocenters. The standard InChI is InChI=1S/C26H32F3N5.C2H2/c1-19-8-9-20(12-15-30)24(16-19)34(23-6-3-2-4-7-23)18-22-11-10-21(17-31-22)32-33-25(13-5-14-25)26(27,28)29;1-2/h8-11,16-17,23,32-33H,2-7,12-14,18H2,1H3;1-2H. The van der Waals surface area contributed by atoms with Gasteiger partial charge in [0.25, 0.3) is 0 Å². The summed E-state index contributed by atoms with van der Waals surface area (Å²) in [5, 5.41) is 9.34. The average Bonchev–Trinajstić information content (AvgIpc) is 2.85. The Bertz CT molecular complexity index is 1050. The number of nitriles is 1. The third-order valence-electron chi connectivity index (χ3n) is 7.19. The van der Waals surface area contributed by atoms with Crippen molar-refractivity contribution >= 4 is 11.4 Å². The van der Waals surface area contributed by atoms with Crippen LogP contribution in [0, 0.1) is 31.1 Å². The van der Waals surface area contributed by atoms with Gasteiger partial charge in [-0.1, -0.05) is 31.4 Å². The second-order valence-corrected chi connectivity index (χ2v) is 9.61. The van der Waals surface area contributed by atoms with Gasteiger partial charge in [-0.15, -0.1) is 12.8 Å². The maximum atomic E-state index is 13.4. The van der Waals surface area contributed by atoms with E-state index in [9.17, 15) is 18.4 Å². The second-order valence-electron chi connectivity index (χ2n) is 9.61. The van der Waals surface area contributed by atoms with Crippen molar-refractivity contribution in [2.45, 2.75) is 89.0 Å². The smallest absolute Gasteiger partial charge is 0.362 e. The van der Waals surface area contributed by atoms with Gasteiger partial charge in [-0.05, 0) is 68.4 Å². The van der Waals surface area contributed by atoms with Gasteiger partial charge in [-0.3, -0.25) is 4.98 Å². The van der Waals surface area contributed by atoms with Gasteiger partial charge in [0, 0.05) is 11.7 Å². The molecule has 2 aliphatic carbocycles. The third-order valence-corrected chi connectivity index (χ3v) is 7.19. The molecule has 0 spiro atoms. The van der Waals surface area contributed by atoms with Crippen molar-refractivity contribution in [3.05, 3.63) is 53.3 Å². The molecule has 8 heteroatoms. The molecule has 2 aromatic rings. The highest BCUT2D eigenvalue weighted by atomic mass is 19.4. The number of nitrogens with zero attached hydrogens (tertiary/aromatic N) is 3. The highest BCUT2D eigenvalue weighted by molar-refractivity contribution is 5.57. The molecule has 0 bridgehead atoms. The van der Waals surface area contributed by atoms with Gasteiger partial charge in [-0.25, -0.2) is 5.43 Å². The Balaban J connectivity index is 0.00000176. The Hall–Kier alpha value is -3.23. The molecule has 0 amide bonds. The molecule has 2 fully saturated rings. The summed E-state index contributed by atoms with van der Waals surface area (Å²) in [5.41, 5.74) is 7.95. The first-order chi connectivity index (χ1) is 17.3.